The quantitative estimate of drug-likeness (QED) is 0.831. The third-order valence-corrected chi connectivity index (χ3v) is 6.35. The molecule has 4 rings (SSSR count). The fourth-order valence-corrected chi connectivity index (χ4v) is 4.97. The standard InChI is InChI=1S/C20H25N3OS/c1-15-7-2-3-8-16(15)17-9-6-12-23(17)20(24)18-13-21-19(25-18)14-22-10-4-5-11-22/h2-3,7-8,13,17H,4-6,9-12,14H2,1H3/t17-/m1/s1. The zero-order valence-corrected chi connectivity index (χ0v) is 15.6. The Morgan fingerprint density at radius 1 is 1.20 bits per heavy atom. The van der Waals surface area contributed by atoms with E-state index in [4.69, 9.17) is 0 Å². The first-order chi connectivity index (χ1) is 12.2. The summed E-state index contributed by atoms with van der Waals surface area (Å²) in [5.74, 6) is 0.149. The largest absolute Gasteiger partial charge is 0.331 e. The van der Waals surface area contributed by atoms with Gasteiger partial charge in [-0.25, -0.2) is 4.98 Å². The van der Waals surface area contributed by atoms with Crippen LogP contribution in [0.25, 0.3) is 0 Å². The summed E-state index contributed by atoms with van der Waals surface area (Å²) in [5, 5.41) is 1.07. The van der Waals surface area contributed by atoms with E-state index in [-0.39, 0.29) is 11.9 Å². The number of likely N-dealkylation sites (tertiary alicyclic amines) is 2. The molecule has 1 amide bonds. The maximum absolute atomic E-state index is 13.1. The third-order valence-electron chi connectivity index (χ3n) is 5.38. The summed E-state index contributed by atoms with van der Waals surface area (Å²) in [7, 11) is 0. The molecule has 2 saturated heterocycles. The van der Waals surface area contributed by atoms with Crippen molar-refractivity contribution in [1.82, 2.24) is 14.8 Å². The normalized spacial score (nSPS) is 21.2. The lowest BCUT2D eigenvalue weighted by Gasteiger charge is -2.25. The smallest absolute Gasteiger partial charge is 0.266 e. The molecule has 1 aromatic heterocycles. The number of carbonyl (C=O) groups is 1. The Hall–Kier alpha value is -1.72. The number of amides is 1. The zero-order valence-electron chi connectivity index (χ0n) is 14.8. The van der Waals surface area contributed by atoms with Gasteiger partial charge in [0, 0.05) is 6.54 Å². The van der Waals surface area contributed by atoms with Crippen molar-refractivity contribution in [2.45, 2.75) is 45.2 Å². The zero-order chi connectivity index (χ0) is 17.2. The minimum atomic E-state index is 0.149. The van der Waals surface area contributed by atoms with Gasteiger partial charge in [-0.05, 0) is 56.8 Å². The molecule has 2 aromatic rings. The molecule has 132 valence electrons. The van der Waals surface area contributed by atoms with Crippen molar-refractivity contribution in [3.63, 3.8) is 0 Å². The second-order valence-corrected chi connectivity index (χ2v) is 8.23. The van der Waals surface area contributed by atoms with Crippen molar-refractivity contribution in [3.05, 3.63) is 51.5 Å². The Morgan fingerprint density at radius 3 is 2.80 bits per heavy atom. The van der Waals surface area contributed by atoms with Gasteiger partial charge in [0.2, 0.25) is 0 Å². The van der Waals surface area contributed by atoms with E-state index >= 15 is 0 Å². The van der Waals surface area contributed by atoms with Crippen LogP contribution in [-0.2, 0) is 6.54 Å². The van der Waals surface area contributed by atoms with Gasteiger partial charge in [-0.2, -0.15) is 0 Å². The molecule has 0 bridgehead atoms. The number of aryl methyl sites for hydroxylation is 1. The first kappa shape index (κ1) is 16.7. The summed E-state index contributed by atoms with van der Waals surface area (Å²) in [6.07, 6.45) is 6.47. The van der Waals surface area contributed by atoms with Crippen molar-refractivity contribution in [3.8, 4) is 0 Å². The van der Waals surface area contributed by atoms with Gasteiger partial charge in [0.05, 0.1) is 18.8 Å². The summed E-state index contributed by atoms with van der Waals surface area (Å²) in [6, 6.07) is 8.64. The molecule has 5 heteroatoms. The van der Waals surface area contributed by atoms with E-state index in [1.54, 1.807) is 17.5 Å². The van der Waals surface area contributed by atoms with Crippen LogP contribution in [0.2, 0.25) is 0 Å². The van der Waals surface area contributed by atoms with Crippen LogP contribution in [0.4, 0.5) is 0 Å². The molecule has 0 unspecified atom stereocenters. The molecular weight excluding hydrogens is 330 g/mol. The molecule has 0 N–H and O–H groups in total. The van der Waals surface area contributed by atoms with E-state index in [1.165, 1.54) is 24.0 Å². The molecule has 4 nitrogen and oxygen atoms in total. The van der Waals surface area contributed by atoms with Gasteiger partial charge >= 0.3 is 0 Å². The fraction of sp³-hybridized carbons (Fsp3) is 0.500. The van der Waals surface area contributed by atoms with Gasteiger partial charge < -0.3 is 4.90 Å². The predicted octanol–water partition coefficient (Wildman–Crippen LogP) is 4.02. The predicted molar refractivity (Wildman–Crippen MR) is 101 cm³/mol. The highest BCUT2D eigenvalue weighted by Crippen LogP contribution is 2.35. The van der Waals surface area contributed by atoms with Gasteiger partial charge in [0.25, 0.3) is 5.91 Å². The average molecular weight is 356 g/mol. The fourth-order valence-electron chi connectivity index (χ4n) is 4.05. The van der Waals surface area contributed by atoms with Crippen LogP contribution in [0, 0.1) is 6.92 Å². The Labute approximate surface area is 153 Å². The van der Waals surface area contributed by atoms with Crippen LogP contribution in [0.1, 0.15) is 57.5 Å². The first-order valence-corrected chi connectivity index (χ1v) is 10.1. The molecule has 1 atom stereocenters. The van der Waals surface area contributed by atoms with Crippen LogP contribution in [0.5, 0.6) is 0 Å². The van der Waals surface area contributed by atoms with Gasteiger partial charge in [-0.1, -0.05) is 24.3 Å². The number of carbonyl (C=O) groups excluding carboxylic acids is 1. The molecule has 1 aromatic carbocycles. The second-order valence-electron chi connectivity index (χ2n) is 7.11. The van der Waals surface area contributed by atoms with Crippen LogP contribution in [0.15, 0.2) is 30.5 Å². The number of hydrogen-bond donors (Lipinski definition) is 0. The lowest BCUT2D eigenvalue weighted by atomic mass is 9.99. The highest BCUT2D eigenvalue weighted by atomic mass is 32.1. The summed E-state index contributed by atoms with van der Waals surface area (Å²) in [5.41, 5.74) is 2.56. The molecule has 0 radical (unpaired) electrons. The molecule has 0 aliphatic carbocycles. The SMILES string of the molecule is Cc1ccccc1[C@H]1CCCN1C(=O)c1cnc(CN2CCCC2)s1. The Morgan fingerprint density at radius 2 is 2.00 bits per heavy atom. The lowest BCUT2D eigenvalue weighted by molar-refractivity contribution is 0.0740. The summed E-state index contributed by atoms with van der Waals surface area (Å²) in [4.78, 5) is 22.9. The van der Waals surface area contributed by atoms with Crippen molar-refractivity contribution in [2.75, 3.05) is 19.6 Å². The van der Waals surface area contributed by atoms with E-state index in [9.17, 15) is 4.79 Å². The number of thiazole rings is 1. The maximum atomic E-state index is 13.1. The number of rotatable bonds is 4. The van der Waals surface area contributed by atoms with Crippen molar-refractivity contribution < 1.29 is 4.79 Å². The molecule has 0 spiro atoms. The topological polar surface area (TPSA) is 36.4 Å². The molecule has 3 heterocycles. The van der Waals surface area contributed by atoms with Gasteiger partial charge in [-0.3, -0.25) is 9.69 Å². The van der Waals surface area contributed by atoms with Gasteiger partial charge in [0.1, 0.15) is 9.88 Å². The van der Waals surface area contributed by atoms with Crippen molar-refractivity contribution in [2.24, 2.45) is 0 Å². The molecule has 0 saturated carbocycles. The molecule has 2 aliphatic heterocycles. The average Bonchev–Trinajstić information content (AvgIpc) is 3.37. The number of hydrogen-bond acceptors (Lipinski definition) is 4. The van der Waals surface area contributed by atoms with E-state index in [0.29, 0.717) is 0 Å². The highest BCUT2D eigenvalue weighted by Gasteiger charge is 2.32. The highest BCUT2D eigenvalue weighted by molar-refractivity contribution is 7.13. The minimum absolute atomic E-state index is 0.149. The lowest BCUT2D eigenvalue weighted by Crippen LogP contribution is -2.30. The Balaban J connectivity index is 1.50. The van der Waals surface area contributed by atoms with Crippen LogP contribution < -0.4 is 0 Å². The third kappa shape index (κ3) is 3.48. The minimum Gasteiger partial charge on any atom is -0.331 e. The second kappa shape index (κ2) is 7.26. The number of nitrogens with zero attached hydrogens (tertiary/aromatic N) is 3. The molecule has 2 fully saturated rings. The summed E-state index contributed by atoms with van der Waals surface area (Å²) in [6.45, 7) is 6.18. The summed E-state index contributed by atoms with van der Waals surface area (Å²) < 4.78 is 0. The molecule has 25 heavy (non-hydrogen) atoms. The molecule has 2 aliphatic rings. The summed E-state index contributed by atoms with van der Waals surface area (Å²) >= 11 is 1.57. The van der Waals surface area contributed by atoms with Gasteiger partial charge in [-0.15, -0.1) is 11.3 Å². The van der Waals surface area contributed by atoms with E-state index in [0.717, 1.165) is 48.9 Å². The van der Waals surface area contributed by atoms with Crippen LogP contribution in [-0.4, -0.2) is 40.3 Å². The van der Waals surface area contributed by atoms with Crippen LogP contribution in [0.3, 0.4) is 0 Å². The van der Waals surface area contributed by atoms with Crippen molar-refractivity contribution in [1.29, 1.82) is 0 Å². The Kier molecular flexibility index (Phi) is 4.86. The van der Waals surface area contributed by atoms with E-state index < -0.39 is 0 Å². The maximum Gasteiger partial charge on any atom is 0.266 e. The van der Waals surface area contributed by atoms with Crippen LogP contribution >= 0.6 is 11.3 Å². The first-order valence-electron chi connectivity index (χ1n) is 9.26. The monoisotopic (exact) mass is 355 g/mol. The van der Waals surface area contributed by atoms with Gasteiger partial charge in [0.15, 0.2) is 0 Å². The number of aromatic nitrogens is 1. The van der Waals surface area contributed by atoms with Crippen molar-refractivity contribution >= 4 is 17.2 Å². The Bertz CT molecular complexity index is 751. The van der Waals surface area contributed by atoms with E-state index in [2.05, 4.69) is 46.0 Å². The number of benzene rings is 1. The van der Waals surface area contributed by atoms with E-state index in [1.807, 2.05) is 0 Å². The molecular formula is C20H25N3OS.